The largest absolute Gasteiger partial charge is 0.393 e. The quantitative estimate of drug-likeness (QED) is 0.710. The Morgan fingerprint density at radius 3 is 2.71 bits per heavy atom. The second-order valence-corrected chi connectivity index (χ2v) is 5.60. The number of methoxy groups -OCH3 is 1. The number of nitrogens with two attached hydrogens (primary N) is 1. The molecule has 0 spiro atoms. The van der Waals surface area contributed by atoms with E-state index in [4.69, 9.17) is 22.7 Å². The molecule has 0 bridgehead atoms. The molecule has 0 aliphatic rings. The first-order valence-electron chi connectivity index (χ1n) is 7.13. The molecule has 0 fully saturated rings. The number of nitrogens with zero attached hydrogens (tertiary/aromatic N) is 1. The maximum atomic E-state index is 12.3. The molecule has 0 aliphatic carbocycles. The summed E-state index contributed by atoms with van der Waals surface area (Å²) in [6, 6.07) is 8.24. The highest BCUT2D eigenvalue weighted by atomic mass is 32.1. The molecule has 0 heterocycles. The number of amides is 1. The standard InChI is InChI=1S/C16H24N2O2S/c1-13-4-3-5-14(12-13)6-7-16(19)18(10-11-20-2)9-8-15(17)21/h3-5,12H,6-11H2,1-2H3,(H2,17,21). The summed E-state index contributed by atoms with van der Waals surface area (Å²) in [5, 5.41) is 0. The van der Waals surface area contributed by atoms with Gasteiger partial charge in [0.05, 0.1) is 11.6 Å². The maximum Gasteiger partial charge on any atom is 0.222 e. The van der Waals surface area contributed by atoms with Crippen molar-refractivity contribution in [2.45, 2.75) is 26.2 Å². The number of hydrogen-bond donors (Lipinski definition) is 1. The van der Waals surface area contributed by atoms with Crippen LogP contribution < -0.4 is 5.73 Å². The van der Waals surface area contributed by atoms with Crippen LogP contribution in [0.4, 0.5) is 0 Å². The van der Waals surface area contributed by atoms with Crippen molar-refractivity contribution >= 4 is 23.1 Å². The van der Waals surface area contributed by atoms with Gasteiger partial charge in [0.1, 0.15) is 0 Å². The smallest absolute Gasteiger partial charge is 0.222 e. The molecule has 0 radical (unpaired) electrons. The van der Waals surface area contributed by atoms with Gasteiger partial charge in [-0.25, -0.2) is 0 Å². The van der Waals surface area contributed by atoms with Gasteiger partial charge in [-0.2, -0.15) is 0 Å². The average Bonchev–Trinajstić information content (AvgIpc) is 2.44. The first kappa shape index (κ1) is 17.6. The zero-order valence-electron chi connectivity index (χ0n) is 12.8. The number of rotatable bonds is 9. The summed E-state index contributed by atoms with van der Waals surface area (Å²) in [7, 11) is 1.63. The Labute approximate surface area is 132 Å². The van der Waals surface area contributed by atoms with Gasteiger partial charge in [-0.05, 0) is 18.9 Å². The summed E-state index contributed by atoms with van der Waals surface area (Å²) < 4.78 is 5.05. The first-order valence-corrected chi connectivity index (χ1v) is 7.54. The number of thiocarbonyl (C=S) groups is 1. The summed E-state index contributed by atoms with van der Waals surface area (Å²) in [6.45, 7) is 3.71. The first-order chi connectivity index (χ1) is 10.0. The van der Waals surface area contributed by atoms with Gasteiger partial charge in [-0.1, -0.05) is 42.0 Å². The Hall–Kier alpha value is -1.46. The van der Waals surface area contributed by atoms with E-state index in [1.54, 1.807) is 12.0 Å². The van der Waals surface area contributed by atoms with Crippen LogP contribution in [0.3, 0.4) is 0 Å². The van der Waals surface area contributed by atoms with Crippen LogP contribution in [0.1, 0.15) is 24.0 Å². The second kappa shape index (κ2) is 9.47. The normalized spacial score (nSPS) is 10.4. The highest BCUT2D eigenvalue weighted by Gasteiger charge is 2.13. The average molecular weight is 308 g/mol. The molecule has 4 nitrogen and oxygen atoms in total. The number of ether oxygens (including phenoxy) is 1. The third-order valence-corrected chi connectivity index (χ3v) is 3.46. The van der Waals surface area contributed by atoms with E-state index in [9.17, 15) is 4.79 Å². The Morgan fingerprint density at radius 1 is 1.33 bits per heavy atom. The van der Waals surface area contributed by atoms with Gasteiger partial charge in [0.15, 0.2) is 0 Å². The van der Waals surface area contributed by atoms with Gasteiger partial charge in [0.2, 0.25) is 5.91 Å². The lowest BCUT2D eigenvalue weighted by Crippen LogP contribution is -2.36. The van der Waals surface area contributed by atoms with Gasteiger partial charge < -0.3 is 15.4 Å². The van der Waals surface area contributed by atoms with Crippen LogP contribution in [-0.2, 0) is 16.0 Å². The molecule has 0 aliphatic heterocycles. The third kappa shape index (κ3) is 7.20. The fourth-order valence-electron chi connectivity index (χ4n) is 2.08. The van der Waals surface area contributed by atoms with E-state index in [0.717, 1.165) is 6.42 Å². The lowest BCUT2D eigenvalue weighted by molar-refractivity contribution is -0.131. The van der Waals surface area contributed by atoms with Crippen molar-refractivity contribution in [3.05, 3.63) is 35.4 Å². The van der Waals surface area contributed by atoms with Crippen molar-refractivity contribution in [2.75, 3.05) is 26.8 Å². The molecular formula is C16H24N2O2S. The minimum absolute atomic E-state index is 0.116. The predicted octanol–water partition coefficient (Wildman–Crippen LogP) is 2.08. The van der Waals surface area contributed by atoms with Crippen LogP contribution in [0.15, 0.2) is 24.3 Å². The zero-order chi connectivity index (χ0) is 15.7. The van der Waals surface area contributed by atoms with Crippen molar-refractivity contribution < 1.29 is 9.53 Å². The molecule has 0 saturated heterocycles. The minimum atomic E-state index is 0.116. The number of benzene rings is 1. The molecule has 116 valence electrons. The van der Waals surface area contributed by atoms with E-state index in [1.165, 1.54) is 11.1 Å². The molecule has 21 heavy (non-hydrogen) atoms. The van der Waals surface area contributed by atoms with E-state index in [1.807, 2.05) is 6.07 Å². The number of aryl methyl sites for hydroxylation is 2. The molecule has 0 unspecified atom stereocenters. The Kier molecular flexibility index (Phi) is 7.93. The van der Waals surface area contributed by atoms with Gasteiger partial charge in [-0.15, -0.1) is 0 Å². The van der Waals surface area contributed by atoms with Crippen molar-refractivity contribution in [1.82, 2.24) is 4.90 Å². The molecule has 1 aromatic rings. The third-order valence-electron chi connectivity index (χ3n) is 3.26. The Morgan fingerprint density at radius 2 is 2.10 bits per heavy atom. The van der Waals surface area contributed by atoms with Crippen molar-refractivity contribution in [2.24, 2.45) is 5.73 Å². The minimum Gasteiger partial charge on any atom is -0.393 e. The second-order valence-electron chi connectivity index (χ2n) is 5.08. The molecule has 0 saturated carbocycles. The van der Waals surface area contributed by atoms with Crippen LogP contribution in [0.5, 0.6) is 0 Å². The monoisotopic (exact) mass is 308 g/mol. The molecule has 0 atom stereocenters. The summed E-state index contributed by atoms with van der Waals surface area (Å²) in [5.41, 5.74) is 7.91. The topological polar surface area (TPSA) is 55.6 Å². The summed E-state index contributed by atoms with van der Waals surface area (Å²) in [6.07, 6.45) is 1.79. The van der Waals surface area contributed by atoms with Crippen LogP contribution >= 0.6 is 12.2 Å². The molecule has 1 amide bonds. The molecule has 1 rings (SSSR count). The summed E-state index contributed by atoms with van der Waals surface area (Å²) >= 11 is 4.88. The van der Waals surface area contributed by atoms with E-state index in [-0.39, 0.29) is 5.91 Å². The van der Waals surface area contributed by atoms with Crippen LogP contribution in [0.2, 0.25) is 0 Å². The van der Waals surface area contributed by atoms with E-state index < -0.39 is 0 Å². The van der Waals surface area contributed by atoms with Crippen molar-refractivity contribution in [3.63, 3.8) is 0 Å². The predicted molar refractivity (Wildman–Crippen MR) is 89.4 cm³/mol. The van der Waals surface area contributed by atoms with Gasteiger partial charge in [0.25, 0.3) is 0 Å². The van der Waals surface area contributed by atoms with Crippen molar-refractivity contribution in [3.8, 4) is 0 Å². The molecule has 2 N–H and O–H groups in total. The molecular weight excluding hydrogens is 284 g/mol. The van der Waals surface area contributed by atoms with Gasteiger partial charge in [0, 0.05) is 33.0 Å². The number of carbonyl (C=O) groups excluding carboxylic acids is 1. The highest BCUT2D eigenvalue weighted by Crippen LogP contribution is 2.08. The summed E-state index contributed by atoms with van der Waals surface area (Å²) in [4.78, 5) is 14.5. The SMILES string of the molecule is COCCN(CCC(N)=S)C(=O)CCc1cccc(C)c1. The number of carbonyl (C=O) groups is 1. The molecule has 5 heteroatoms. The van der Waals surface area contributed by atoms with E-state index >= 15 is 0 Å². The van der Waals surface area contributed by atoms with Crippen LogP contribution in [-0.4, -0.2) is 42.6 Å². The van der Waals surface area contributed by atoms with Crippen LogP contribution in [0, 0.1) is 6.92 Å². The number of hydrogen-bond acceptors (Lipinski definition) is 3. The maximum absolute atomic E-state index is 12.3. The van der Waals surface area contributed by atoms with E-state index in [0.29, 0.717) is 37.5 Å². The molecule has 1 aromatic carbocycles. The lowest BCUT2D eigenvalue weighted by atomic mass is 10.1. The fraction of sp³-hybridized carbons (Fsp3) is 0.500. The van der Waals surface area contributed by atoms with Crippen molar-refractivity contribution in [1.29, 1.82) is 0 Å². The Balaban J connectivity index is 2.52. The van der Waals surface area contributed by atoms with Gasteiger partial charge in [-0.3, -0.25) is 4.79 Å². The fourth-order valence-corrected chi connectivity index (χ4v) is 2.18. The van der Waals surface area contributed by atoms with Gasteiger partial charge >= 0.3 is 0 Å². The summed E-state index contributed by atoms with van der Waals surface area (Å²) in [5.74, 6) is 0.116. The zero-order valence-corrected chi connectivity index (χ0v) is 13.6. The molecule has 0 aromatic heterocycles. The highest BCUT2D eigenvalue weighted by molar-refractivity contribution is 7.80. The lowest BCUT2D eigenvalue weighted by Gasteiger charge is -2.22. The Bertz CT molecular complexity index is 477. The van der Waals surface area contributed by atoms with E-state index in [2.05, 4.69) is 25.1 Å². The van der Waals surface area contributed by atoms with Crippen LogP contribution in [0.25, 0.3) is 0 Å².